The van der Waals surface area contributed by atoms with Crippen LogP contribution in [-0.2, 0) is 11.3 Å². The van der Waals surface area contributed by atoms with Gasteiger partial charge in [-0.3, -0.25) is 9.69 Å². The third-order valence-electron chi connectivity index (χ3n) is 3.37. The Morgan fingerprint density at radius 1 is 1.69 bits per heavy atom. The van der Waals surface area contributed by atoms with Crippen molar-refractivity contribution in [3.8, 4) is 0 Å². The van der Waals surface area contributed by atoms with E-state index in [-0.39, 0.29) is 12.0 Å². The second-order valence-electron chi connectivity index (χ2n) is 4.55. The molecule has 2 atom stereocenters. The average Bonchev–Trinajstić information content (AvgIpc) is 2.75. The van der Waals surface area contributed by atoms with E-state index in [1.807, 2.05) is 24.8 Å². The highest BCUT2D eigenvalue weighted by Gasteiger charge is 2.36. The lowest BCUT2D eigenvalue weighted by Crippen LogP contribution is -2.38. The van der Waals surface area contributed by atoms with Gasteiger partial charge in [0, 0.05) is 0 Å². The summed E-state index contributed by atoms with van der Waals surface area (Å²) in [6.07, 6.45) is 2.59. The molecule has 1 aromatic rings. The molecule has 1 N–H and O–H groups in total. The minimum absolute atomic E-state index is 0.216. The van der Waals surface area contributed by atoms with Crippen molar-refractivity contribution in [3.05, 3.63) is 23.7 Å². The van der Waals surface area contributed by atoms with Crippen LogP contribution >= 0.6 is 0 Å². The van der Waals surface area contributed by atoms with Crippen LogP contribution in [0.25, 0.3) is 0 Å². The molecule has 88 valence electrons. The first-order valence-corrected chi connectivity index (χ1v) is 5.59. The summed E-state index contributed by atoms with van der Waals surface area (Å²) in [7, 11) is 0. The maximum absolute atomic E-state index is 11.2. The third-order valence-corrected chi connectivity index (χ3v) is 3.37. The Labute approximate surface area is 94.9 Å². The monoisotopic (exact) mass is 223 g/mol. The second kappa shape index (κ2) is 4.29. The fraction of sp³-hybridized carbons (Fsp3) is 0.583. The van der Waals surface area contributed by atoms with Gasteiger partial charge in [0.05, 0.1) is 12.8 Å². The van der Waals surface area contributed by atoms with Crippen LogP contribution in [-0.4, -0.2) is 28.6 Å². The molecule has 0 radical (unpaired) electrons. The molecule has 1 fully saturated rings. The fourth-order valence-electron chi connectivity index (χ4n) is 2.35. The van der Waals surface area contributed by atoms with Gasteiger partial charge in [0.1, 0.15) is 11.8 Å². The Morgan fingerprint density at radius 3 is 3.00 bits per heavy atom. The van der Waals surface area contributed by atoms with Gasteiger partial charge in [0.2, 0.25) is 0 Å². The van der Waals surface area contributed by atoms with Gasteiger partial charge >= 0.3 is 5.97 Å². The van der Waals surface area contributed by atoms with Crippen molar-refractivity contribution in [1.29, 1.82) is 0 Å². The molecule has 0 aromatic carbocycles. The van der Waals surface area contributed by atoms with Crippen LogP contribution in [0.5, 0.6) is 0 Å². The Bertz CT molecular complexity index is 385. The molecule has 2 rings (SSSR count). The molecule has 1 aliphatic heterocycles. The Kier molecular flexibility index (Phi) is 3.01. The molecule has 0 saturated carbocycles. The molecule has 2 heterocycles. The van der Waals surface area contributed by atoms with Crippen molar-refractivity contribution in [3.63, 3.8) is 0 Å². The van der Waals surface area contributed by atoms with E-state index in [1.54, 1.807) is 6.26 Å². The molecule has 16 heavy (non-hydrogen) atoms. The highest BCUT2D eigenvalue weighted by atomic mass is 16.4. The maximum atomic E-state index is 11.2. The molecule has 1 aliphatic rings. The molecule has 1 aromatic heterocycles. The van der Waals surface area contributed by atoms with Crippen LogP contribution in [0.4, 0.5) is 0 Å². The third kappa shape index (κ3) is 1.97. The number of likely N-dealkylation sites (tertiary alicyclic amines) is 1. The van der Waals surface area contributed by atoms with Gasteiger partial charge in [-0.2, -0.15) is 0 Å². The predicted molar refractivity (Wildman–Crippen MR) is 59.1 cm³/mol. The highest BCUT2D eigenvalue weighted by molar-refractivity contribution is 5.74. The van der Waals surface area contributed by atoms with Gasteiger partial charge in [-0.05, 0) is 37.4 Å². The Hall–Kier alpha value is -1.29. The van der Waals surface area contributed by atoms with Crippen LogP contribution in [0.15, 0.2) is 16.7 Å². The average molecular weight is 223 g/mol. The molecular formula is C12H17NO3. The molecule has 2 unspecified atom stereocenters. The van der Waals surface area contributed by atoms with Crippen molar-refractivity contribution in [2.75, 3.05) is 6.54 Å². The highest BCUT2D eigenvalue weighted by Crippen LogP contribution is 2.26. The van der Waals surface area contributed by atoms with Crippen molar-refractivity contribution < 1.29 is 14.3 Å². The zero-order chi connectivity index (χ0) is 11.7. The molecule has 0 bridgehead atoms. The predicted octanol–water partition coefficient (Wildman–Crippen LogP) is 1.88. The van der Waals surface area contributed by atoms with Crippen molar-refractivity contribution >= 4 is 5.97 Å². The normalized spacial score (nSPS) is 26.1. The van der Waals surface area contributed by atoms with Crippen molar-refractivity contribution in [2.24, 2.45) is 5.92 Å². The summed E-state index contributed by atoms with van der Waals surface area (Å²) >= 11 is 0. The maximum Gasteiger partial charge on any atom is 0.321 e. The largest absolute Gasteiger partial charge is 0.480 e. The lowest BCUT2D eigenvalue weighted by Gasteiger charge is -2.22. The standard InChI is InChI=1S/C12H17NO3/c1-8-4-6-16-10(8)7-13-5-3-9(2)11(13)12(14)15/h4,6,9,11H,3,5,7H2,1-2H3,(H,14,15). The van der Waals surface area contributed by atoms with E-state index in [0.717, 1.165) is 24.3 Å². The van der Waals surface area contributed by atoms with E-state index in [9.17, 15) is 9.90 Å². The number of hydrogen-bond donors (Lipinski definition) is 1. The number of rotatable bonds is 3. The number of nitrogens with zero attached hydrogens (tertiary/aromatic N) is 1. The minimum Gasteiger partial charge on any atom is -0.480 e. The number of furan rings is 1. The molecule has 0 amide bonds. The van der Waals surface area contributed by atoms with Gasteiger partial charge in [-0.15, -0.1) is 0 Å². The number of aliphatic carboxylic acids is 1. The number of carbonyl (C=O) groups is 1. The van der Waals surface area contributed by atoms with Crippen LogP contribution in [0.2, 0.25) is 0 Å². The topological polar surface area (TPSA) is 53.7 Å². The summed E-state index contributed by atoms with van der Waals surface area (Å²) in [4.78, 5) is 13.1. The Morgan fingerprint density at radius 2 is 2.44 bits per heavy atom. The molecule has 4 nitrogen and oxygen atoms in total. The number of hydrogen-bond acceptors (Lipinski definition) is 3. The zero-order valence-corrected chi connectivity index (χ0v) is 9.64. The Balaban J connectivity index is 2.10. The summed E-state index contributed by atoms with van der Waals surface area (Å²) in [6, 6.07) is 1.54. The molecule has 0 aliphatic carbocycles. The number of carboxylic acids is 1. The van der Waals surface area contributed by atoms with E-state index < -0.39 is 5.97 Å². The van der Waals surface area contributed by atoms with E-state index >= 15 is 0 Å². The van der Waals surface area contributed by atoms with E-state index in [1.165, 1.54) is 0 Å². The number of aryl methyl sites for hydroxylation is 1. The van der Waals surface area contributed by atoms with Gasteiger partial charge in [0.15, 0.2) is 0 Å². The minimum atomic E-state index is -0.728. The first-order chi connectivity index (χ1) is 7.59. The van der Waals surface area contributed by atoms with E-state index in [4.69, 9.17) is 4.42 Å². The van der Waals surface area contributed by atoms with Crippen LogP contribution < -0.4 is 0 Å². The lowest BCUT2D eigenvalue weighted by molar-refractivity contribution is -0.143. The van der Waals surface area contributed by atoms with Gasteiger partial charge in [-0.25, -0.2) is 0 Å². The van der Waals surface area contributed by atoms with Crippen LogP contribution in [0.3, 0.4) is 0 Å². The second-order valence-corrected chi connectivity index (χ2v) is 4.55. The first kappa shape index (κ1) is 11.2. The summed E-state index contributed by atoms with van der Waals surface area (Å²) in [6.45, 7) is 5.40. The van der Waals surface area contributed by atoms with Gasteiger partial charge < -0.3 is 9.52 Å². The van der Waals surface area contributed by atoms with Crippen molar-refractivity contribution in [1.82, 2.24) is 4.90 Å². The molecule has 4 heteroatoms. The summed E-state index contributed by atoms with van der Waals surface area (Å²) in [5, 5.41) is 9.18. The van der Waals surface area contributed by atoms with Gasteiger partial charge in [-0.1, -0.05) is 6.92 Å². The van der Waals surface area contributed by atoms with E-state index in [0.29, 0.717) is 6.54 Å². The fourth-order valence-corrected chi connectivity index (χ4v) is 2.35. The van der Waals surface area contributed by atoms with Crippen molar-refractivity contribution in [2.45, 2.75) is 32.9 Å². The summed E-state index contributed by atoms with van der Waals surface area (Å²) < 4.78 is 5.35. The SMILES string of the molecule is Cc1ccoc1CN1CCC(C)C1C(=O)O. The van der Waals surface area contributed by atoms with E-state index in [2.05, 4.69) is 0 Å². The smallest absolute Gasteiger partial charge is 0.321 e. The summed E-state index contributed by atoms with van der Waals surface area (Å²) in [5.74, 6) is 0.363. The molecule has 1 saturated heterocycles. The van der Waals surface area contributed by atoms with Gasteiger partial charge in [0.25, 0.3) is 0 Å². The number of carboxylic acid groups (broad SMARTS) is 1. The van der Waals surface area contributed by atoms with Crippen LogP contribution in [0, 0.1) is 12.8 Å². The quantitative estimate of drug-likeness (QED) is 0.850. The molecular weight excluding hydrogens is 206 g/mol. The summed E-state index contributed by atoms with van der Waals surface area (Å²) in [5.41, 5.74) is 1.09. The van der Waals surface area contributed by atoms with Crippen LogP contribution in [0.1, 0.15) is 24.7 Å². The lowest BCUT2D eigenvalue weighted by atomic mass is 10.0. The zero-order valence-electron chi connectivity index (χ0n) is 9.64. The first-order valence-electron chi connectivity index (χ1n) is 5.59. The molecule has 0 spiro atoms.